The average Bonchev–Trinajstić information content (AvgIpc) is 3.00. The number of rotatable bonds is 6. The summed E-state index contributed by atoms with van der Waals surface area (Å²) in [6.07, 6.45) is 1.95. The van der Waals surface area contributed by atoms with Crippen molar-refractivity contribution in [3.05, 3.63) is 59.7 Å². The quantitative estimate of drug-likeness (QED) is 0.497. The van der Waals surface area contributed by atoms with E-state index in [0.29, 0.717) is 23.4 Å². The van der Waals surface area contributed by atoms with Crippen molar-refractivity contribution < 1.29 is 8.42 Å². The van der Waals surface area contributed by atoms with Gasteiger partial charge in [-0.25, -0.2) is 18.1 Å². The van der Waals surface area contributed by atoms with Gasteiger partial charge in [0, 0.05) is 11.9 Å². The van der Waals surface area contributed by atoms with E-state index in [4.69, 9.17) is 4.98 Å². The van der Waals surface area contributed by atoms with Gasteiger partial charge in [-0.05, 0) is 50.1 Å². The van der Waals surface area contributed by atoms with Crippen LogP contribution < -0.4 is 4.72 Å². The summed E-state index contributed by atoms with van der Waals surface area (Å²) in [6.45, 7) is 6.74. The molecule has 0 bridgehead atoms. The number of hydrogen-bond acceptors (Lipinski definition) is 4. The molecule has 2 aromatic carbocycles. The van der Waals surface area contributed by atoms with Gasteiger partial charge in [0.25, 0.3) is 10.0 Å². The SMILES string of the molecule is CCCCn1nc(NS(=O)(=O)c2ccc(C)cc2)c2cc3ccc(C)cc3nc21. The number of hydrogen-bond donors (Lipinski definition) is 1. The highest BCUT2D eigenvalue weighted by Crippen LogP contribution is 2.28. The smallest absolute Gasteiger partial charge is 0.261 e. The van der Waals surface area contributed by atoms with Crippen LogP contribution in [0.4, 0.5) is 5.82 Å². The Hall–Kier alpha value is -2.93. The van der Waals surface area contributed by atoms with E-state index in [2.05, 4.69) is 16.7 Å². The summed E-state index contributed by atoms with van der Waals surface area (Å²) in [5, 5.41) is 6.22. The van der Waals surface area contributed by atoms with E-state index < -0.39 is 10.0 Å². The zero-order valence-corrected chi connectivity index (χ0v) is 17.6. The first-order valence-electron chi connectivity index (χ1n) is 9.75. The number of fused-ring (bicyclic) bond motifs is 2. The van der Waals surface area contributed by atoms with Crippen LogP contribution in [0, 0.1) is 13.8 Å². The van der Waals surface area contributed by atoms with Gasteiger partial charge in [-0.1, -0.05) is 43.2 Å². The molecule has 2 heterocycles. The molecule has 0 aliphatic rings. The molecule has 7 heteroatoms. The summed E-state index contributed by atoms with van der Waals surface area (Å²) >= 11 is 0. The van der Waals surface area contributed by atoms with Crippen molar-refractivity contribution in [1.29, 1.82) is 0 Å². The van der Waals surface area contributed by atoms with E-state index in [1.54, 1.807) is 28.9 Å². The van der Waals surface area contributed by atoms with E-state index in [1.807, 2.05) is 38.1 Å². The Morgan fingerprint density at radius 2 is 1.72 bits per heavy atom. The summed E-state index contributed by atoms with van der Waals surface area (Å²) in [5.41, 5.74) is 3.70. The second-order valence-electron chi connectivity index (χ2n) is 7.40. The number of nitrogens with zero attached hydrogens (tertiary/aromatic N) is 3. The third kappa shape index (κ3) is 3.82. The Labute approximate surface area is 170 Å². The van der Waals surface area contributed by atoms with Crippen LogP contribution >= 0.6 is 0 Å². The Kier molecular flexibility index (Phi) is 5.00. The predicted octanol–water partition coefficient (Wildman–Crippen LogP) is 4.80. The molecule has 0 spiro atoms. The van der Waals surface area contributed by atoms with Crippen molar-refractivity contribution in [2.24, 2.45) is 0 Å². The molecule has 1 N–H and O–H groups in total. The highest BCUT2D eigenvalue weighted by Gasteiger charge is 2.20. The number of pyridine rings is 1. The monoisotopic (exact) mass is 408 g/mol. The van der Waals surface area contributed by atoms with E-state index in [9.17, 15) is 8.42 Å². The lowest BCUT2D eigenvalue weighted by atomic mass is 10.1. The lowest BCUT2D eigenvalue weighted by Crippen LogP contribution is -2.14. The number of nitrogens with one attached hydrogen (secondary N) is 1. The van der Waals surface area contributed by atoms with E-state index in [0.717, 1.165) is 34.9 Å². The zero-order valence-electron chi connectivity index (χ0n) is 16.8. The van der Waals surface area contributed by atoms with E-state index in [1.165, 1.54) is 0 Å². The Balaban J connectivity index is 1.84. The summed E-state index contributed by atoms with van der Waals surface area (Å²) in [7, 11) is -3.74. The maximum atomic E-state index is 12.9. The normalized spacial score (nSPS) is 12.0. The molecule has 4 aromatic rings. The second-order valence-corrected chi connectivity index (χ2v) is 9.08. The lowest BCUT2D eigenvalue weighted by Gasteiger charge is -2.06. The lowest BCUT2D eigenvalue weighted by molar-refractivity contribution is 0.584. The molecule has 150 valence electrons. The number of aromatic nitrogens is 3. The van der Waals surface area contributed by atoms with Crippen LogP contribution in [0.3, 0.4) is 0 Å². The van der Waals surface area contributed by atoms with Gasteiger partial charge in [0.1, 0.15) is 0 Å². The summed E-state index contributed by atoms with van der Waals surface area (Å²) < 4.78 is 30.3. The average molecular weight is 409 g/mol. The van der Waals surface area contributed by atoms with Crippen molar-refractivity contribution in [3.8, 4) is 0 Å². The Morgan fingerprint density at radius 1 is 1.00 bits per heavy atom. The van der Waals surface area contributed by atoms with E-state index >= 15 is 0 Å². The topological polar surface area (TPSA) is 76.9 Å². The number of aryl methyl sites for hydroxylation is 3. The highest BCUT2D eigenvalue weighted by molar-refractivity contribution is 7.92. The highest BCUT2D eigenvalue weighted by atomic mass is 32.2. The maximum Gasteiger partial charge on any atom is 0.263 e. The summed E-state index contributed by atoms with van der Waals surface area (Å²) in [6, 6.07) is 14.8. The van der Waals surface area contributed by atoms with Gasteiger partial charge in [0.15, 0.2) is 11.5 Å². The third-order valence-electron chi connectivity index (χ3n) is 4.96. The predicted molar refractivity (Wildman–Crippen MR) is 117 cm³/mol. The number of benzene rings is 2. The maximum absolute atomic E-state index is 12.9. The van der Waals surface area contributed by atoms with Gasteiger partial charge in [0.2, 0.25) is 0 Å². The molecule has 0 atom stereocenters. The number of sulfonamides is 1. The number of unbranched alkanes of at least 4 members (excludes halogenated alkanes) is 1. The first-order chi connectivity index (χ1) is 13.9. The van der Waals surface area contributed by atoms with Gasteiger partial charge < -0.3 is 0 Å². The standard InChI is InChI=1S/C22H24N4O2S/c1-4-5-12-26-22-19(14-17-9-6-16(3)13-20(17)23-22)21(24-26)25-29(27,28)18-10-7-15(2)8-11-18/h6-11,13-14H,4-5,12H2,1-3H3,(H,24,25). The van der Waals surface area contributed by atoms with Crippen molar-refractivity contribution >= 4 is 37.8 Å². The van der Waals surface area contributed by atoms with E-state index in [-0.39, 0.29) is 4.90 Å². The zero-order chi connectivity index (χ0) is 20.6. The molecule has 4 rings (SSSR count). The molecule has 0 radical (unpaired) electrons. The van der Waals surface area contributed by atoms with Crippen LogP contribution in [-0.2, 0) is 16.6 Å². The molecule has 2 aromatic heterocycles. The molecule has 0 saturated carbocycles. The van der Waals surface area contributed by atoms with Gasteiger partial charge in [-0.3, -0.25) is 4.72 Å². The molecule has 0 amide bonds. The Morgan fingerprint density at radius 3 is 2.45 bits per heavy atom. The third-order valence-corrected chi connectivity index (χ3v) is 6.31. The summed E-state index contributed by atoms with van der Waals surface area (Å²) in [5.74, 6) is 0.312. The minimum Gasteiger partial charge on any atom is -0.261 e. The van der Waals surface area contributed by atoms with Crippen molar-refractivity contribution in [3.63, 3.8) is 0 Å². The Bertz CT molecular complexity index is 1290. The van der Waals surface area contributed by atoms with Crippen molar-refractivity contribution in [2.75, 3.05) is 4.72 Å². The van der Waals surface area contributed by atoms with Crippen molar-refractivity contribution in [2.45, 2.75) is 45.1 Å². The van der Waals surface area contributed by atoms with Crippen LogP contribution in [0.1, 0.15) is 30.9 Å². The molecule has 6 nitrogen and oxygen atoms in total. The largest absolute Gasteiger partial charge is 0.263 e. The molecule has 0 aliphatic carbocycles. The molecular weight excluding hydrogens is 384 g/mol. The van der Waals surface area contributed by atoms with Crippen LogP contribution in [-0.4, -0.2) is 23.2 Å². The second kappa shape index (κ2) is 7.48. The van der Waals surface area contributed by atoms with Gasteiger partial charge in [-0.2, -0.15) is 5.10 Å². The fraction of sp³-hybridized carbons (Fsp3) is 0.273. The molecule has 0 aliphatic heterocycles. The summed E-state index contributed by atoms with van der Waals surface area (Å²) in [4.78, 5) is 5.00. The van der Waals surface area contributed by atoms with Gasteiger partial charge in [-0.15, -0.1) is 0 Å². The number of anilines is 1. The van der Waals surface area contributed by atoms with Crippen LogP contribution in [0.2, 0.25) is 0 Å². The first kappa shape index (κ1) is 19.4. The van der Waals surface area contributed by atoms with Crippen LogP contribution in [0.15, 0.2) is 53.4 Å². The van der Waals surface area contributed by atoms with Crippen LogP contribution in [0.5, 0.6) is 0 Å². The van der Waals surface area contributed by atoms with Crippen molar-refractivity contribution in [1.82, 2.24) is 14.8 Å². The fourth-order valence-electron chi connectivity index (χ4n) is 3.30. The fourth-order valence-corrected chi connectivity index (χ4v) is 4.32. The molecule has 29 heavy (non-hydrogen) atoms. The minimum atomic E-state index is -3.74. The van der Waals surface area contributed by atoms with Gasteiger partial charge >= 0.3 is 0 Å². The molecule has 0 fully saturated rings. The molecular formula is C22H24N4O2S. The molecule has 0 saturated heterocycles. The minimum absolute atomic E-state index is 0.212. The first-order valence-corrected chi connectivity index (χ1v) is 11.2. The molecule has 0 unspecified atom stereocenters. The van der Waals surface area contributed by atoms with Crippen LogP contribution in [0.25, 0.3) is 21.9 Å². The van der Waals surface area contributed by atoms with Gasteiger partial charge in [0.05, 0.1) is 15.8 Å².